The molecule has 0 radical (unpaired) electrons. The number of fused-ring (bicyclic) bond motifs is 1. The first kappa shape index (κ1) is 13.3. The minimum absolute atomic E-state index is 0.0829. The average molecular weight is 263 g/mol. The van der Waals surface area contributed by atoms with E-state index in [2.05, 4.69) is 26.8 Å². The van der Waals surface area contributed by atoms with E-state index < -0.39 is 0 Å². The molecule has 2 N–H and O–H groups in total. The van der Waals surface area contributed by atoms with Crippen molar-refractivity contribution in [1.29, 1.82) is 0 Å². The van der Waals surface area contributed by atoms with Crippen molar-refractivity contribution in [2.24, 2.45) is 11.1 Å². The van der Waals surface area contributed by atoms with E-state index in [9.17, 15) is 0 Å². The van der Waals surface area contributed by atoms with Crippen molar-refractivity contribution in [3.63, 3.8) is 0 Å². The molecular formula is C15H19ClN2. The molecule has 0 fully saturated rings. The van der Waals surface area contributed by atoms with E-state index in [-0.39, 0.29) is 5.41 Å². The zero-order chi connectivity index (χ0) is 13.3. The fraction of sp³-hybridized carbons (Fsp3) is 0.400. The molecule has 0 unspecified atom stereocenters. The Bertz CT molecular complexity index is 576. The number of nitrogens with two attached hydrogens (primary N) is 1. The van der Waals surface area contributed by atoms with Crippen LogP contribution in [0.3, 0.4) is 0 Å². The predicted molar refractivity (Wildman–Crippen MR) is 78.0 cm³/mol. The van der Waals surface area contributed by atoms with E-state index >= 15 is 0 Å². The Hall–Kier alpha value is -1.12. The number of hydrogen-bond donors (Lipinski definition) is 1. The molecule has 1 heterocycles. The number of nitrogens with zero attached hydrogens (tertiary/aromatic N) is 1. The Morgan fingerprint density at radius 2 is 2.00 bits per heavy atom. The van der Waals surface area contributed by atoms with Gasteiger partial charge < -0.3 is 5.73 Å². The Kier molecular flexibility index (Phi) is 3.60. The molecule has 2 nitrogen and oxygen atoms in total. The fourth-order valence-corrected chi connectivity index (χ4v) is 2.26. The maximum Gasteiger partial charge on any atom is 0.0709 e. The first-order valence-electron chi connectivity index (χ1n) is 6.17. The number of hydrogen-bond acceptors (Lipinski definition) is 2. The van der Waals surface area contributed by atoms with Crippen molar-refractivity contribution in [3.05, 3.63) is 40.5 Å². The summed E-state index contributed by atoms with van der Waals surface area (Å²) in [7, 11) is 0. The zero-order valence-electron chi connectivity index (χ0n) is 11.1. The summed E-state index contributed by atoms with van der Waals surface area (Å²) in [5.74, 6) is 0. The number of pyridine rings is 1. The number of aromatic nitrogens is 1. The van der Waals surface area contributed by atoms with Crippen molar-refractivity contribution >= 4 is 22.5 Å². The third kappa shape index (κ3) is 2.82. The summed E-state index contributed by atoms with van der Waals surface area (Å²) in [6.45, 7) is 7.08. The van der Waals surface area contributed by atoms with Gasteiger partial charge in [0.05, 0.1) is 5.52 Å². The number of halogens is 1. The van der Waals surface area contributed by atoms with Crippen LogP contribution in [0.25, 0.3) is 10.9 Å². The lowest BCUT2D eigenvalue weighted by molar-refractivity contribution is 0.373. The molecule has 2 aromatic rings. The second-order valence-electron chi connectivity index (χ2n) is 5.64. The first-order valence-corrected chi connectivity index (χ1v) is 6.55. The van der Waals surface area contributed by atoms with Gasteiger partial charge in [-0.1, -0.05) is 25.4 Å². The molecule has 0 atom stereocenters. The maximum absolute atomic E-state index is 6.02. The molecule has 0 aliphatic heterocycles. The monoisotopic (exact) mass is 262 g/mol. The Balaban J connectivity index is 2.46. The van der Waals surface area contributed by atoms with Crippen LogP contribution in [0, 0.1) is 12.3 Å². The zero-order valence-corrected chi connectivity index (χ0v) is 11.9. The quantitative estimate of drug-likeness (QED) is 0.916. The minimum atomic E-state index is 0.0829. The molecule has 18 heavy (non-hydrogen) atoms. The van der Waals surface area contributed by atoms with Gasteiger partial charge >= 0.3 is 0 Å². The van der Waals surface area contributed by atoms with Crippen molar-refractivity contribution in [1.82, 2.24) is 4.98 Å². The summed E-state index contributed by atoms with van der Waals surface area (Å²) in [4.78, 5) is 4.70. The van der Waals surface area contributed by atoms with Gasteiger partial charge in [0.1, 0.15) is 0 Å². The van der Waals surface area contributed by atoms with E-state index in [0.717, 1.165) is 28.0 Å². The lowest BCUT2D eigenvalue weighted by Crippen LogP contribution is -2.26. The highest BCUT2D eigenvalue weighted by Crippen LogP contribution is 2.25. The van der Waals surface area contributed by atoms with Crippen molar-refractivity contribution in [2.45, 2.75) is 27.2 Å². The topological polar surface area (TPSA) is 38.9 Å². The maximum atomic E-state index is 6.02. The Labute approximate surface area is 113 Å². The molecule has 1 aromatic heterocycles. The van der Waals surface area contributed by atoms with Gasteiger partial charge in [-0.2, -0.15) is 0 Å². The van der Waals surface area contributed by atoms with Crippen LogP contribution in [0.4, 0.5) is 0 Å². The molecule has 0 aliphatic rings. The van der Waals surface area contributed by atoms with Crippen LogP contribution < -0.4 is 5.73 Å². The third-order valence-corrected chi connectivity index (χ3v) is 3.48. The normalized spacial score (nSPS) is 12.1. The van der Waals surface area contributed by atoms with Gasteiger partial charge in [-0.25, -0.2) is 0 Å². The van der Waals surface area contributed by atoms with Crippen LogP contribution in [0.2, 0.25) is 5.02 Å². The highest BCUT2D eigenvalue weighted by molar-refractivity contribution is 6.31. The molecule has 2 rings (SSSR count). The molecule has 0 spiro atoms. The van der Waals surface area contributed by atoms with Gasteiger partial charge in [-0.3, -0.25) is 4.98 Å². The average Bonchev–Trinajstić information content (AvgIpc) is 2.30. The lowest BCUT2D eigenvalue weighted by atomic mass is 9.87. The Morgan fingerprint density at radius 1 is 1.28 bits per heavy atom. The Morgan fingerprint density at radius 3 is 2.67 bits per heavy atom. The van der Waals surface area contributed by atoms with Gasteiger partial charge in [0.15, 0.2) is 0 Å². The molecule has 96 valence electrons. The van der Waals surface area contributed by atoms with Crippen LogP contribution in [-0.2, 0) is 6.42 Å². The molecular weight excluding hydrogens is 244 g/mol. The van der Waals surface area contributed by atoms with Crippen LogP contribution in [0.1, 0.15) is 25.1 Å². The molecule has 0 saturated heterocycles. The predicted octanol–water partition coefficient (Wildman–Crippen LogP) is 3.72. The van der Waals surface area contributed by atoms with E-state index in [1.807, 2.05) is 18.2 Å². The largest absolute Gasteiger partial charge is 0.330 e. The SMILES string of the molecule is Cc1cc(CC(C)(C)CN)nc2ccc(Cl)cc12. The first-order chi connectivity index (χ1) is 8.41. The minimum Gasteiger partial charge on any atom is -0.330 e. The molecule has 0 saturated carbocycles. The van der Waals surface area contributed by atoms with Crippen molar-refractivity contribution < 1.29 is 0 Å². The standard InChI is InChI=1S/C15H19ClN2/c1-10-6-12(8-15(2,3)9-17)18-14-5-4-11(16)7-13(10)14/h4-7H,8-9,17H2,1-3H3. The molecule has 1 aromatic carbocycles. The summed E-state index contributed by atoms with van der Waals surface area (Å²) >= 11 is 6.02. The number of rotatable bonds is 3. The van der Waals surface area contributed by atoms with E-state index in [4.69, 9.17) is 22.3 Å². The van der Waals surface area contributed by atoms with Gasteiger partial charge in [-0.15, -0.1) is 0 Å². The number of benzene rings is 1. The van der Waals surface area contributed by atoms with Gasteiger partial charge in [0, 0.05) is 16.1 Å². The third-order valence-electron chi connectivity index (χ3n) is 3.24. The van der Waals surface area contributed by atoms with Crippen molar-refractivity contribution in [3.8, 4) is 0 Å². The fourth-order valence-electron chi connectivity index (χ4n) is 2.09. The summed E-state index contributed by atoms with van der Waals surface area (Å²) in [5, 5.41) is 1.87. The second kappa shape index (κ2) is 4.87. The van der Waals surface area contributed by atoms with E-state index in [1.54, 1.807) is 0 Å². The summed E-state index contributed by atoms with van der Waals surface area (Å²) in [6, 6.07) is 7.96. The van der Waals surface area contributed by atoms with Crippen LogP contribution in [0.5, 0.6) is 0 Å². The van der Waals surface area contributed by atoms with Gasteiger partial charge in [0.25, 0.3) is 0 Å². The van der Waals surface area contributed by atoms with E-state index in [0.29, 0.717) is 6.54 Å². The van der Waals surface area contributed by atoms with Gasteiger partial charge in [-0.05, 0) is 55.1 Å². The highest BCUT2D eigenvalue weighted by Gasteiger charge is 2.17. The van der Waals surface area contributed by atoms with Gasteiger partial charge in [0.2, 0.25) is 0 Å². The van der Waals surface area contributed by atoms with Crippen molar-refractivity contribution in [2.75, 3.05) is 6.54 Å². The molecule has 0 amide bonds. The van der Waals surface area contributed by atoms with Crippen LogP contribution in [-0.4, -0.2) is 11.5 Å². The molecule has 3 heteroatoms. The highest BCUT2D eigenvalue weighted by atomic mass is 35.5. The summed E-state index contributed by atoms with van der Waals surface area (Å²) in [6.07, 6.45) is 0.892. The number of aryl methyl sites for hydroxylation is 1. The van der Waals surface area contributed by atoms with Crippen LogP contribution >= 0.6 is 11.6 Å². The van der Waals surface area contributed by atoms with Crippen LogP contribution in [0.15, 0.2) is 24.3 Å². The summed E-state index contributed by atoms with van der Waals surface area (Å²) < 4.78 is 0. The lowest BCUT2D eigenvalue weighted by Gasteiger charge is -2.22. The second-order valence-corrected chi connectivity index (χ2v) is 6.07. The summed E-state index contributed by atoms with van der Waals surface area (Å²) in [5.41, 5.74) is 9.17. The molecule has 0 aliphatic carbocycles. The molecule has 0 bridgehead atoms. The van der Waals surface area contributed by atoms with E-state index in [1.165, 1.54) is 5.56 Å². The smallest absolute Gasteiger partial charge is 0.0709 e.